The second kappa shape index (κ2) is 10.0. The first-order chi connectivity index (χ1) is 14.4. The van der Waals surface area contributed by atoms with Crippen LogP contribution in [-0.2, 0) is 13.0 Å². The lowest BCUT2D eigenvalue weighted by Gasteiger charge is -2.13. The van der Waals surface area contributed by atoms with E-state index in [9.17, 15) is 13.2 Å². The highest BCUT2D eigenvalue weighted by atomic mass is 19.4. The van der Waals surface area contributed by atoms with E-state index in [0.717, 1.165) is 23.5 Å². The van der Waals surface area contributed by atoms with Gasteiger partial charge in [-0.2, -0.15) is 13.2 Å². The van der Waals surface area contributed by atoms with E-state index in [1.165, 1.54) is 6.20 Å². The summed E-state index contributed by atoms with van der Waals surface area (Å²) >= 11 is 0. The number of hydrogen-bond donors (Lipinski definition) is 2. The standard InChI is InChI=1S/C20H23F3N4O3/c1-2-24-19(26-9-7-14-5-6-16-17(10-14)30-13-29-16)27-11-15-4-3-8-25-18(15)28-12-20(21,22)23/h3-6,8,10H,2,7,9,11-13H2,1H3,(H2,24,26,27). The molecule has 0 amide bonds. The SMILES string of the molecule is CCNC(=NCc1cccnc1OCC(F)(F)F)NCCc1ccc2c(c1)OCO2. The molecule has 2 aromatic rings. The molecule has 3 rings (SSSR count). The van der Waals surface area contributed by atoms with E-state index in [-0.39, 0.29) is 19.2 Å². The Labute approximate surface area is 172 Å². The van der Waals surface area contributed by atoms with Gasteiger partial charge in [0.25, 0.3) is 0 Å². The Bertz CT molecular complexity index is 875. The van der Waals surface area contributed by atoms with Gasteiger partial charge in [0.1, 0.15) is 0 Å². The molecule has 0 bridgehead atoms. The molecule has 162 valence electrons. The lowest BCUT2D eigenvalue weighted by molar-refractivity contribution is -0.154. The van der Waals surface area contributed by atoms with E-state index in [2.05, 4.69) is 20.6 Å². The summed E-state index contributed by atoms with van der Waals surface area (Å²) in [4.78, 5) is 8.31. The Morgan fingerprint density at radius 2 is 2.03 bits per heavy atom. The van der Waals surface area contributed by atoms with Gasteiger partial charge in [-0.3, -0.25) is 0 Å². The number of nitrogens with one attached hydrogen (secondary N) is 2. The smallest absolute Gasteiger partial charge is 0.422 e. The van der Waals surface area contributed by atoms with Crippen LogP contribution in [0.4, 0.5) is 13.2 Å². The van der Waals surface area contributed by atoms with Crippen molar-refractivity contribution in [2.24, 2.45) is 4.99 Å². The first-order valence-corrected chi connectivity index (χ1v) is 9.49. The fourth-order valence-corrected chi connectivity index (χ4v) is 2.75. The molecule has 0 aliphatic carbocycles. The van der Waals surface area contributed by atoms with Gasteiger partial charge in [-0.05, 0) is 37.1 Å². The maximum Gasteiger partial charge on any atom is 0.422 e. The highest BCUT2D eigenvalue weighted by Crippen LogP contribution is 2.32. The number of pyridine rings is 1. The summed E-state index contributed by atoms with van der Waals surface area (Å²) in [5.74, 6) is 1.94. The van der Waals surface area contributed by atoms with E-state index in [1.54, 1.807) is 12.1 Å². The molecule has 1 aromatic heterocycles. The average Bonchev–Trinajstić information content (AvgIpc) is 3.18. The molecular weight excluding hydrogens is 401 g/mol. The van der Waals surface area contributed by atoms with Gasteiger partial charge in [0.2, 0.25) is 12.7 Å². The van der Waals surface area contributed by atoms with Crippen molar-refractivity contribution in [2.45, 2.75) is 26.1 Å². The molecule has 1 aliphatic heterocycles. The quantitative estimate of drug-likeness (QED) is 0.501. The molecule has 2 heterocycles. The molecule has 0 atom stereocenters. The van der Waals surface area contributed by atoms with Gasteiger partial charge in [-0.1, -0.05) is 12.1 Å². The minimum absolute atomic E-state index is 0.0743. The Morgan fingerprint density at radius 3 is 2.83 bits per heavy atom. The summed E-state index contributed by atoms with van der Waals surface area (Å²) in [6, 6.07) is 9.05. The molecule has 0 saturated carbocycles. The van der Waals surface area contributed by atoms with Crippen LogP contribution in [0.5, 0.6) is 17.4 Å². The van der Waals surface area contributed by atoms with Crippen molar-refractivity contribution in [3.05, 3.63) is 47.7 Å². The van der Waals surface area contributed by atoms with Crippen LogP contribution >= 0.6 is 0 Å². The van der Waals surface area contributed by atoms with Crippen LogP contribution in [-0.4, -0.2) is 43.6 Å². The zero-order chi connectivity index (χ0) is 21.4. The minimum Gasteiger partial charge on any atom is -0.468 e. The summed E-state index contributed by atoms with van der Waals surface area (Å²) in [5, 5.41) is 6.32. The Balaban J connectivity index is 1.57. The number of halogens is 3. The molecule has 0 unspecified atom stereocenters. The molecule has 2 N–H and O–H groups in total. The number of fused-ring (bicyclic) bond motifs is 1. The fourth-order valence-electron chi connectivity index (χ4n) is 2.75. The first kappa shape index (κ1) is 21.5. The van der Waals surface area contributed by atoms with Crippen LogP contribution in [0.1, 0.15) is 18.1 Å². The maximum atomic E-state index is 12.4. The third kappa shape index (κ3) is 6.43. The highest BCUT2D eigenvalue weighted by molar-refractivity contribution is 5.79. The van der Waals surface area contributed by atoms with Crippen molar-refractivity contribution in [2.75, 3.05) is 26.5 Å². The van der Waals surface area contributed by atoms with Crippen molar-refractivity contribution < 1.29 is 27.4 Å². The third-order valence-electron chi connectivity index (χ3n) is 4.12. The second-order valence-corrected chi connectivity index (χ2v) is 6.43. The number of benzene rings is 1. The van der Waals surface area contributed by atoms with Gasteiger partial charge in [0.05, 0.1) is 6.54 Å². The minimum atomic E-state index is -4.43. The number of hydrogen-bond acceptors (Lipinski definition) is 5. The van der Waals surface area contributed by atoms with Crippen LogP contribution in [0.25, 0.3) is 0 Å². The van der Waals surface area contributed by atoms with Gasteiger partial charge < -0.3 is 24.8 Å². The predicted octanol–water partition coefficient (Wildman–Crippen LogP) is 3.05. The second-order valence-electron chi connectivity index (χ2n) is 6.43. The van der Waals surface area contributed by atoms with Gasteiger partial charge in [0, 0.05) is 24.8 Å². The van der Waals surface area contributed by atoms with Gasteiger partial charge in [-0.25, -0.2) is 9.98 Å². The lowest BCUT2D eigenvalue weighted by Crippen LogP contribution is -2.38. The fraction of sp³-hybridized carbons (Fsp3) is 0.400. The summed E-state index contributed by atoms with van der Waals surface area (Å²) in [7, 11) is 0. The molecule has 1 aromatic carbocycles. The zero-order valence-corrected chi connectivity index (χ0v) is 16.5. The summed E-state index contributed by atoms with van der Waals surface area (Å²) < 4.78 is 52.8. The topological polar surface area (TPSA) is 77.0 Å². The van der Waals surface area contributed by atoms with Gasteiger partial charge in [0.15, 0.2) is 24.1 Å². The van der Waals surface area contributed by atoms with Crippen LogP contribution in [0.2, 0.25) is 0 Å². The number of rotatable bonds is 8. The van der Waals surface area contributed by atoms with Crippen molar-refractivity contribution in [1.29, 1.82) is 0 Å². The molecule has 0 radical (unpaired) electrons. The monoisotopic (exact) mass is 424 g/mol. The van der Waals surface area contributed by atoms with E-state index in [1.807, 2.05) is 25.1 Å². The molecule has 0 saturated heterocycles. The third-order valence-corrected chi connectivity index (χ3v) is 4.12. The van der Waals surface area contributed by atoms with E-state index in [0.29, 0.717) is 24.6 Å². The van der Waals surface area contributed by atoms with Crippen LogP contribution in [0.15, 0.2) is 41.5 Å². The Morgan fingerprint density at radius 1 is 1.20 bits per heavy atom. The van der Waals surface area contributed by atoms with Gasteiger partial charge >= 0.3 is 6.18 Å². The van der Waals surface area contributed by atoms with E-state index in [4.69, 9.17) is 14.2 Å². The lowest BCUT2D eigenvalue weighted by atomic mass is 10.1. The van der Waals surface area contributed by atoms with Crippen LogP contribution in [0.3, 0.4) is 0 Å². The number of nitrogens with zero attached hydrogens (tertiary/aromatic N) is 2. The van der Waals surface area contributed by atoms with Crippen molar-refractivity contribution in [1.82, 2.24) is 15.6 Å². The first-order valence-electron chi connectivity index (χ1n) is 9.49. The van der Waals surface area contributed by atoms with Crippen molar-refractivity contribution in [3.63, 3.8) is 0 Å². The number of ether oxygens (including phenoxy) is 3. The van der Waals surface area contributed by atoms with Gasteiger partial charge in [-0.15, -0.1) is 0 Å². The molecular formula is C20H23F3N4O3. The van der Waals surface area contributed by atoms with Crippen LogP contribution < -0.4 is 24.8 Å². The Hall–Kier alpha value is -3.17. The Kier molecular flexibility index (Phi) is 7.21. The van der Waals surface area contributed by atoms with E-state index >= 15 is 0 Å². The predicted molar refractivity (Wildman–Crippen MR) is 105 cm³/mol. The maximum absolute atomic E-state index is 12.4. The normalized spacial score (nSPS) is 13.3. The number of alkyl halides is 3. The molecule has 0 spiro atoms. The van der Waals surface area contributed by atoms with Crippen molar-refractivity contribution >= 4 is 5.96 Å². The molecule has 30 heavy (non-hydrogen) atoms. The number of aliphatic imine (C=N–C) groups is 1. The average molecular weight is 424 g/mol. The number of aromatic nitrogens is 1. The van der Waals surface area contributed by atoms with Crippen molar-refractivity contribution in [3.8, 4) is 17.4 Å². The van der Waals surface area contributed by atoms with Crippen LogP contribution in [0, 0.1) is 0 Å². The largest absolute Gasteiger partial charge is 0.468 e. The van der Waals surface area contributed by atoms with E-state index < -0.39 is 12.8 Å². The number of guanidine groups is 1. The summed E-state index contributed by atoms with van der Waals surface area (Å²) in [5.41, 5.74) is 1.55. The zero-order valence-electron chi connectivity index (χ0n) is 16.5. The highest BCUT2D eigenvalue weighted by Gasteiger charge is 2.29. The summed E-state index contributed by atoms with van der Waals surface area (Å²) in [6.45, 7) is 2.14. The molecule has 7 nitrogen and oxygen atoms in total. The molecule has 1 aliphatic rings. The summed E-state index contributed by atoms with van der Waals surface area (Å²) in [6.07, 6.45) is -2.31. The molecule has 0 fully saturated rings. The molecule has 10 heteroatoms.